The molecule has 0 aliphatic carbocycles. The van der Waals surface area contributed by atoms with Crippen molar-refractivity contribution < 1.29 is 10.2 Å². The molecule has 0 atom stereocenters. The number of hydrogen-bond acceptors (Lipinski definition) is 3. The van der Waals surface area contributed by atoms with Gasteiger partial charge in [0, 0.05) is 18.2 Å². The number of phenolic OH excluding ortho intramolecular Hbond substituents is 2. The van der Waals surface area contributed by atoms with E-state index in [9.17, 15) is 0 Å². The Morgan fingerprint density at radius 1 is 1.50 bits per heavy atom. The van der Waals surface area contributed by atoms with E-state index in [1.54, 1.807) is 0 Å². The minimum Gasteiger partial charge on any atom is -0.507 e. The summed E-state index contributed by atoms with van der Waals surface area (Å²) in [6, 6.07) is 5.37. The van der Waals surface area contributed by atoms with Crippen LogP contribution in [0.2, 0.25) is 0 Å². The van der Waals surface area contributed by atoms with Crippen LogP contribution < -0.4 is 5.73 Å². The van der Waals surface area contributed by atoms with Gasteiger partial charge in [0.15, 0.2) is 0 Å². The molecule has 0 aliphatic rings. The van der Waals surface area contributed by atoms with Gasteiger partial charge in [-0.25, -0.2) is 0 Å². The van der Waals surface area contributed by atoms with Crippen molar-refractivity contribution in [3.05, 3.63) is 23.8 Å². The second kappa shape index (κ2) is 2.58. The van der Waals surface area contributed by atoms with Crippen LogP contribution in [-0.4, -0.2) is 10.2 Å². The predicted molar refractivity (Wildman–Crippen MR) is 36.5 cm³/mol. The molecule has 0 heterocycles. The average Bonchev–Trinajstić information content (AvgIpc) is 1.88. The number of benzene rings is 1. The zero-order valence-electron chi connectivity index (χ0n) is 5.33. The second-order valence-corrected chi connectivity index (χ2v) is 1.89. The fourth-order valence-corrected chi connectivity index (χ4v) is 0.710. The van der Waals surface area contributed by atoms with Crippen molar-refractivity contribution in [2.75, 3.05) is 0 Å². The zero-order chi connectivity index (χ0) is 7.56. The maximum absolute atomic E-state index is 9.03. The molecule has 0 aromatic heterocycles. The first-order valence-corrected chi connectivity index (χ1v) is 2.87. The van der Waals surface area contributed by atoms with Gasteiger partial charge < -0.3 is 15.9 Å². The lowest BCUT2D eigenvalue weighted by Gasteiger charge is -2.01. The molecular weight excluding hydrogens is 130 g/mol. The Bertz CT molecular complexity index is 215. The highest BCUT2D eigenvalue weighted by Crippen LogP contribution is 2.24. The number of phenols is 2. The fourth-order valence-electron chi connectivity index (χ4n) is 0.710. The number of nitrogens with two attached hydrogens (primary N) is 1. The summed E-state index contributed by atoms with van der Waals surface area (Å²) >= 11 is 0. The summed E-state index contributed by atoms with van der Waals surface area (Å²) < 4.78 is 0. The van der Waals surface area contributed by atoms with Crippen LogP contribution in [0.1, 0.15) is 5.56 Å². The van der Waals surface area contributed by atoms with Gasteiger partial charge in [0.2, 0.25) is 0 Å². The van der Waals surface area contributed by atoms with Gasteiger partial charge in [-0.3, -0.25) is 0 Å². The van der Waals surface area contributed by atoms with Crippen molar-refractivity contribution in [1.82, 2.24) is 0 Å². The van der Waals surface area contributed by atoms with E-state index < -0.39 is 0 Å². The third kappa shape index (κ3) is 1.04. The molecular formula is C7H8NO2. The molecule has 1 aromatic rings. The summed E-state index contributed by atoms with van der Waals surface area (Å²) in [6.45, 7) is 0.120. The highest BCUT2D eigenvalue weighted by atomic mass is 16.3. The first kappa shape index (κ1) is 6.89. The number of rotatable bonds is 1. The maximum Gasteiger partial charge on any atom is 0.131 e. The van der Waals surface area contributed by atoms with Crippen molar-refractivity contribution in [2.24, 2.45) is 5.73 Å². The summed E-state index contributed by atoms with van der Waals surface area (Å²) in [5.74, 6) is -0.0683. The highest BCUT2D eigenvalue weighted by molar-refractivity contribution is 5.41. The molecule has 0 bridgehead atoms. The van der Waals surface area contributed by atoms with Crippen LogP contribution in [0.25, 0.3) is 0 Å². The molecule has 3 nitrogen and oxygen atoms in total. The van der Waals surface area contributed by atoms with E-state index in [1.165, 1.54) is 12.1 Å². The molecule has 53 valence electrons. The van der Waals surface area contributed by atoms with Crippen molar-refractivity contribution in [3.63, 3.8) is 0 Å². The van der Waals surface area contributed by atoms with Gasteiger partial charge in [0.1, 0.15) is 11.5 Å². The van der Waals surface area contributed by atoms with Crippen molar-refractivity contribution in [3.8, 4) is 11.5 Å². The fraction of sp³-hybridized carbons (Fsp3) is 0.143. The van der Waals surface area contributed by atoms with Gasteiger partial charge in [-0.15, -0.1) is 0 Å². The first-order valence-electron chi connectivity index (χ1n) is 2.87. The van der Waals surface area contributed by atoms with Crippen LogP contribution in [0.4, 0.5) is 0 Å². The Kier molecular flexibility index (Phi) is 1.78. The molecule has 0 aliphatic heterocycles. The predicted octanol–water partition coefficient (Wildman–Crippen LogP) is 0.357. The molecule has 0 amide bonds. The van der Waals surface area contributed by atoms with E-state index in [1.807, 2.05) is 0 Å². The largest absolute Gasteiger partial charge is 0.507 e. The third-order valence-corrected chi connectivity index (χ3v) is 1.26. The third-order valence-electron chi connectivity index (χ3n) is 1.26. The summed E-state index contributed by atoms with van der Waals surface area (Å²) in [5, 5.41) is 18.0. The number of hydrogen-bond donors (Lipinski definition) is 3. The van der Waals surface area contributed by atoms with Crippen molar-refractivity contribution >= 4 is 0 Å². The average molecular weight is 138 g/mol. The molecule has 1 aromatic carbocycles. The summed E-state index contributed by atoms with van der Waals surface area (Å²) in [4.78, 5) is 0. The molecule has 10 heavy (non-hydrogen) atoms. The Morgan fingerprint density at radius 3 is 2.60 bits per heavy atom. The molecule has 0 saturated heterocycles. The summed E-state index contributed by atoms with van der Waals surface area (Å²) in [5.41, 5.74) is 5.55. The SMILES string of the molecule is NCc1c(O)[c]ccc1O. The molecule has 0 fully saturated rings. The van der Waals surface area contributed by atoms with Crippen molar-refractivity contribution in [1.29, 1.82) is 0 Å². The van der Waals surface area contributed by atoms with E-state index in [0.717, 1.165) is 0 Å². The molecule has 1 rings (SSSR count). The van der Waals surface area contributed by atoms with E-state index in [-0.39, 0.29) is 18.0 Å². The van der Waals surface area contributed by atoms with Gasteiger partial charge in [0.25, 0.3) is 0 Å². The van der Waals surface area contributed by atoms with Crippen LogP contribution in [0.5, 0.6) is 11.5 Å². The van der Waals surface area contributed by atoms with Gasteiger partial charge >= 0.3 is 0 Å². The zero-order valence-corrected chi connectivity index (χ0v) is 5.33. The van der Waals surface area contributed by atoms with Crippen molar-refractivity contribution in [2.45, 2.75) is 6.54 Å². The maximum atomic E-state index is 9.03. The normalized spacial score (nSPS) is 9.70. The number of aromatic hydroxyl groups is 2. The molecule has 0 spiro atoms. The van der Waals surface area contributed by atoms with Gasteiger partial charge in [-0.1, -0.05) is 0 Å². The summed E-state index contributed by atoms with van der Waals surface area (Å²) in [7, 11) is 0. The van der Waals surface area contributed by atoms with Gasteiger partial charge in [-0.05, 0) is 12.1 Å². The Morgan fingerprint density at radius 2 is 2.20 bits per heavy atom. The van der Waals surface area contributed by atoms with Crippen LogP contribution in [0.15, 0.2) is 12.1 Å². The lowest BCUT2D eigenvalue weighted by Crippen LogP contribution is -1.96. The van der Waals surface area contributed by atoms with Crippen LogP contribution in [0, 0.1) is 6.07 Å². The van der Waals surface area contributed by atoms with Gasteiger partial charge in [0.05, 0.1) is 0 Å². The standard InChI is InChI=1S/C7H8NO2/c8-4-5-6(9)2-1-3-7(5)10/h1-2,9-10H,4,8H2. The van der Waals surface area contributed by atoms with E-state index >= 15 is 0 Å². The van der Waals surface area contributed by atoms with E-state index in [0.29, 0.717) is 5.56 Å². The lowest BCUT2D eigenvalue weighted by molar-refractivity contribution is 0.438. The molecule has 0 saturated carbocycles. The first-order chi connectivity index (χ1) is 4.75. The lowest BCUT2D eigenvalue weighted by atomic mass is 10.2. The van der Waals surface area contributed by atoms with Crippen LogP contribution >= 0.6 is 0 Å². The molecule has 1 radical (unpaired) electrons. The Hall–Kier alpha value is -1.22. The smallest absolute Gasteiger partial charge is 0.131 e. The van der Waals surface area contributed by atoms with E-state index in [4.69, 9.17) is 15.9 Å². The quantitative estimate of drug-likeness (QED) is 0.524. The topological polar surface area (TPSA) is 66.5 Å². The minimum atomic E-state index is -0.0810. The molecule has 3 heteroatoms. The molecule has 0 unspecified atom stereocenters. The second-order valence-electron chi connectivity index (χ2n) is 1.89. The van der Waals surface area contributed by atoms with Crippen LogP contribution in [-0.2, 0) is 6.54 Å². The van der Waals surface area contributed by atoms with Gasteiger partial charge in [-0.2, -0.15) is 0 Å². The molecule has 4 N–H and O–H groups in total. The van der Waals surface area contributed by atoms with Crippen LogP contribution in [0.3, 0.4) is 0 Å². The monoisotopic (exact) mass is 138 g/mol. The highest BCUT2D eigenvalue weighted by Gasteiger charge is 2.02. The Labute approximate surface area is 58.7 Å². The Balaban J connectivity index is 3.17. The summed E-state index contributed by atoms with van der Waals surface area (Å²) in [6.07, 6.45) is 0. The van der Waals surface area contributed by atoms with E-state index in [2.05, 4.69) is 6.07 Å². The minimum absolute atomic E-state index is 0.0127.